The van der Waals surface area contributed by atoms with Gasteiger partial charge in [0.1, 0.15) is 6.54 Å². The molecule has 0 saturated heterocycles. The Kier molecular flexibility index (Phi) is 5.78. The normalized spacial score (nSPS) is 11.0. The highest BCUT2D eigenvalue weighted by atomic mass is 16.2. The third kappa shape index (κ3) is 3.76. The highest BCUT2D eigenvalue weighted by Crippen LogP contribution is 2.18. The summed E-state index contributed by atoms with van der Waals surface area (Å²) in [7, 11) is 0. The van der Waals surface area contributed by atoms with Gasteiger partial charge in [-0.05, 0) is 49.6 Å². The minimum Gasteiger partial charge on any atom is -0.324 e. The summed E-state index contributed by atoms with van der Waals surface area (Å²) in [6.45, 7) is 6.11. The number of aryl methyl sites for hydroxylation is 1. The van der Waals surface area contributed by atoms with Gasteiger partial charge in [-0.25, -0.2) is 4.79 Å². The van der Waals surface area contributed by atoms with Gasteiger partial charge in [0.25, 0.3) is 5.56 Å². The SMILES string of the molecule is CCCCn1c(=O)c2ccccc2n(CC(=O)Nc2cccc(C)c2C)c1=O. The lowest BCUT2D eigenvalue weighted by Crippen LogP contribution is -2.41. The summed E-state index contributed by atoms with van der Waals surface area (Å²) in [6.07, 6.45) is 1.59. The monoisotopic (exact) mass is 379 g/mol. The molecule has 0 bridgehead atoms. The standard InChI is InChI=1S/C22H25N3O3/c1-4-5-13-24-21(27)17-10-6-7-12-19(17)25(22(24)28)14-20(26)23-18-11-8-9-15(2)16(18)3/h6-12H,4-5,13-14H2,1-3H3,(H,23,26). The third-order valence-corrected chi connectivity index (χ3v) is 5.05. The minimum atomic E-state index is -0.451. The maximum atomic E-state index is 13.0. The second kappa shape index (κ2) is 8.25. The van der Waals surface area contributed by atoms with Gasteiger partial charge in [0, 0.05) is 12.2 Å². The van der Waals surface area contributed by atoms with Crippen molar-refractivity contribution in [2.24, 2.45) is 0 Å². The minimum absolute atomic E-state index is 0.154. The van der Waals surface area contributed by atoms with Crippen LogP contribution in [0.3, 0.4) is 0 Å². The molecule has 0 aliphatic heterocycles. The number of para-hydroxylation sites is 1. The molecule has 0 aliphatic rings. The van der Waals surface area contributed by atoms with Crippen molar-refractivity contribution in [2.45, 2.75) is 46.7 Å². The Balaban J connectivity index is 2.02. The van der Waals surface area contributed by atoms with Crippen LogP contribution in [0.1, 0.15) is 30.9 Å². The fraction of sp³-hybridized carbons (Fsp3) is 0.318. The van der Waals surface area contributed by atoms with Gasteiger partial charge < -0.3 is 5.32 Å². The lowest BCUT2D eigenvalue weighted by atomic mass is 10.1. The second-order valence-electron chi connectivity index (χ2n) is 6.99. The molecular weight excluding hydrogens is 354 g/mol. The number of nitrogens with one attached hydrogen (secondary N) is 1. The van der Waals surface area contributed by atoms with Crippen molar-refractivity contribution in [3.05, 3.63) is 74.4 Å². The highest BCUT2D eigenvalue weighted by Gasteiger charge is 2.15. The summed E-state index contributed by atoms with van der Waals surface area (Å²) < 4.78 is 2.61. The van der Waals surface area contributed by atoms with E-state index in [9.17, 15) is 14.4 Å². The van der Waals surface area contributed by atoms with E-state index in [1.165, 1.54) is 9.13 Å². The number of aromatic nitrogens is 2. The molecule has 6 heteroatoms. The van der Waals surface area contributed by atoms with Crippen molar-refractivity contribution in [3.63, 3.8) is 0 Å². The highest BCUT2D eigenvalue weighted by molar-refractivity contribution is 5.92. The Morgan fingerprint density at radius 1 is 1.00 bits per heavy atom. The molecule has 0 spiro atoms. The van der Waals surface area contributed by atoms with E-state index in [0.29, 0.717) is 17.4 Å². The maximum Gasteiger partial charge on any atom is 0.331 e. The van der Waals surface area contributed by atoms with Crippen LogP contribution in [0.5, 0.6) is 0 Å². The van der Waals surface area contributed by atoms with Crippen LogP contribution < -0.4 is 16.6 Å². The Morgan fingerprint density at radius 2 is 1.75 bits per heavy atom. The van der Waals surface area contributed by atoms with Crippen molar-refractivity contribution in [1.29, 1.82) is 0 Å². The van der Waals surface area contributed by atoms with Crippen molar-refractivity contribution in [3.8, 4) is 0 Å². The molecule has 0 fully saturated rings. The Labute approximate surface area is 163 Å². The predicted molar refractivity (Wildman–Crippen MR) is 112 cm³/mol. The smallest absolute Gasteiger partial charge is 0.324 e. The van der Waals surface area contributed by atoms with E-state index in [4.69, 9.17) is 0 Å². The van der Waals surface area contributed by atoms with E-state index in [2.05, 4.69) is 5.32 Å². The van der Waals surface area contributed by atoms with Crippen molar-refractivity contribution in [1.82, 2.24) is 9.13 Å². The van der Waals surface area contributed by atoms with E-state index in [1.807, 2.05) is 39.0 Å². The lowest BCUT2D eigenvalue weighted by Gasteiger charge is -2.15. The van der Waals surface area contributed by atoms with Crippen molar-refractivity contribution in [2.75, 3.05) is 5.32 Å². The predicted octanol–water partition coefficient (Wildman–Crippen LogP) is 3.22. The van der Waals surface area contributed by atoms with E-state index < -0.39 is 5.69 Å². The molecule has 146 valence electrons. The Bertz CT molecular complexity index is 1140. The summed E-state index contributed by atoms with van der Waals surface area (Å²) >= 11 is 0. The largest absolute Gasteiger partial charge is 0.331 e. The fourth-order valence-electron chi connectivity index (χ4n) is 3.26. The lowest BCUT2D eigenvalue weighted by molar-refractivity contribution is -0.116. The number of hydrogen-bond donors (Lipinski definition) is 1. The van der Waals surface area contributed by atoms with Crippen LogP contribution in [0.4, 0.5) is 5.69 Å². The molecule has 0 unspecified atom stereocenters. The van der Waals surface area contributed by atoms with Crippen LogP contribution in [-0.2, 0) is 17.9 Å². The average molecular weight is 379 g/mol. The molecule has 0 radical (unpaired) electrons. The van der Waals surface area contributed by atoms with Crippen molar-refractivity contribution < 1.29 is 4.79 Å². The van der Waals surface area contributed by atoms with Gasteiger partial charge in [-0.1, -0.05) is 37.6 Å². The van der Waals surface area contributed by atoms with Crippen LogP contribution in [0.15, 0.2) is 52.1 Å². The molecule has 1 N–H and O–H groups in total. The maximum absolute atomic E-state index is 13.0. The second-order valence-corrected chi connectivity index (χ2v) is 6.99. The van der Waals surface area contributed by atoms with Gasteiger partial charge >= 0.3 is 5.69 Å². The molecule has 2 aromatic carbocycles. The zero-order valence-corrected chi connectivity index (χ0v) is 16.5. The number of anilines is 1. The number of fused-ring (bicyclic) bond motifs is 1. The van der Waals surface area contributed by atoms with Gasteiger partial charge in [-0.15, -0.1) is 0 Å². The van der Waals surface area contributed by atoms with Gasteiger partial charge in [0.2, 0.25) is 5.91 Å². The number of hydrogen-bond acceptors (Lipinski definition) is 3. The zero-order valence-electron chi connectivity index (χ0n) is 16.5. The Hall–Kier alpha value is -3.15. The van der Waals surface area contributed by atoms with Crippen LogP contribution in [0, 0.1) is 13.8 Å². The van der Waals surface area contributed by atoms with E-state index in [1.54, 1.807) is 24.3 Å². The van der Waals surface area contributed by atoms with E-state index >= 15 is 0 Å². The summed E-state index contributed by atoms with van der Waals surface area (Å²) in [5.74, 6) is -0.304. The molecule has 0 saturated carbocycles. The van der Waals surface area contributed by atoms with E-state index in [-0.39, 0.29) is 18.0 Å². The zero-order chi connectivity index (χ0) is 20.3. The number of carbonyl (C=O) groups excluding carboxylic acids is 1. The van der Waals surface area contributed by atoms with Gasteiger partial charge in [-0.2, -0.15) is 0 Å². The molecule has 0 aliphatic carbocycles. The number of amides is 1. The topological polar surface area (TPSA) is 73.1 Å². The molecular formula is C22H25N3O3. The Morgan fingerprint density at radius 3 is 2.50 bits per heavy atom. The van der Waals surface area contributed by atoms with Crippen LogP contribution in [0.2, 0.25) is 0 Å². The summed E-state index contributed by atoms with van der Waals surface area (Å²) in [4.78, 5) is 38.4. The first kappa shape index (κ1) is 19.6. The first-order valence-corrected chi connectivity index (χ1v) is 9.52. The number of unbranched alkanes of at least 4 members (excludes halogenated alkanes) is 1. The van der Waals surface area contributed by atoms with Gasteiger partial charge in [0.05, 0.1) is 10.9 Å². The summed E-state index contributed by atoms with van der Waals surface area (Å²) in [6, 6.07) is 12.6. The molecule has 1 heterocycles. The molecule has 1 aromatic heterocycles. The number of rotatable bonds is 6. The molecule has 0 atom stereocenters. The summed E-state index contributed by atoms with van der Waals surface area (Å²) in [5, 5.41) is 3.32. The van der Waals surface area contributed by atoms with Gasteiger partial charge in [0.15, 0.2) is 0 Å². The van der Waals surface area contributed by atoms with Gasteiger partial charge in [-0.3, -0.25) is 18.7 Å². The number of benzene rings is 2. The van der Waals surface area contributed by atoms with Crippen molar-refractivity contribution >= 4 is 22.5 Å². The molecule has 3 aromatic rings. The molecule has 3 rings (SSSR count). The van der Waals surface area contributed by atoms with Crippen LogP contribution in [0.25, 0.3) is 10.9 Å². The molecule has 1 amide bonds. The fourth-order valence-corrected chi connectivity index (χ4v) is 3.26. The van der Waals surface area contributed by atoms with E-state index in [0.717, 1.165) is 29.7 Å². The third-order valence-electron chi connectivity index (χ3n) is 5.05. The average Bonchev–Trinajstić information content (AvgIpc) is 2.69. The number of nitrogens with zero attached hydrogens (tertiary/aromatic N) is 2. The first-order chi connectivity index (χ1) is 13.4. The molecule has 6 nitrogen and oxygen atoms in total. The molecule has 28 heavy (non-hydrogen) atoms. The van der Waals surface area contributed by atoms with Crippen LogP contribution >= 0.6 is 0 Å². The quantitative estimate of drug-likeness (QED) is 0.715. The number of carbonyl (C=O) groups is 1. The summed E-state index contributed by atoms with van der Waals surface area (Å²) in [5.41, 5.74) is 2.51. The van der Waals surface area contributed by atoms with Crippen LogP contribution in [-0.4, -0.2) is 15.0 Å². The first-order valence-electron chi connectivity index (χ1n) is 9.52.